The van der Waals surface area contributed by atoms with Gasteiger partial charge in [0.15, 0.2) is 24.5 Å². The standard InChI is InChI=1S/C10H13N5O4.CH7O12P3/c11-8-5-9(13-2-12-8)15(3-14-5)10-7(18)6(17)4(1-16)19-10;2-14(3,4)10-1-11-16(8,9)13-12-15(5,6)7/h2-4,6-7,10,16-18H,1H2,(H2,11,12,13);1H2,(H,8,9)(H2,2,3,4)(H2,5,6,7)/t4-,6-,7-,10-;/m1./s1. The van der Waals surface area contributed by atoms with Gasteiger partial charge in [0, 0.05) is 0 Å². The fourth-order valence-electron chi connectivity index (χ4n) is 2.43. The fourth-order valence-corrected chi connectivity index (χ4v) is 3.62. The van der Waals surface area contributed by atoms with Crippen LogP contribution < -0.4 is 5.73 Å². The normalized spacial score (nSPS) is 24.7. The lowest BCUT2D eigenvalue weighted by molar-refractivity contribution is -0.151. The Balaban J connectivity index is 0.000000252. The molecule has 1 fully saturated rings. The zero-order valence-corrected chi connectivity index (χ0v) is 19.6. The molecule has 0 amide bonds. The molecule has 10 N–H and O–H groups in total. The number of ether oxygens (including phenoxy) is 1. The number of rotatable bonds is 9. The van der Waals surface area contributed by atoms with Gasteiger partial charge < -0.3 is 50.3 Å². The number of fused-ring (bicyclic) bond motifs is 1. The van der Waals surface area contributed by atoms with Crippen molar-refractivity contribution < 1.29 is 76.6 Å². The van der Waals surface area contributed by atoms with Crippen molar-refractivity contribution >= 4 is 40.4 Å². The minimum absolute atomic E-state index is 0.218. The first kappa shape index (κ1) is 29.7. The number of imidazole rings is 1. The summed E-state index contributed by atoms with van der Waals surface area (Å²) in [6.45, 7) is -1.75. The number of hydrogen-bond acceptors (Lipinski definition) is 15. The van der Waals surface area contributed by atoms with Crippen LogP contribution in [0.2, 0.25) is 0 Å². The van der Waals surface area contributed by atoms with Crippen LogP contribution in [-0.4, -0.2) is 91.0 Å². The van der Waals surface area contributed by atoms with Crippen LogP contribution in [0.3, 0.4) is 0 Å². The van der Waals surface area contributed by atoms with Gasteiger partial charge in [-0.1, -0.05) is 0 Å². The number of anilines is 1. The third kappa shape index (κ3) is 8.85. The summed E-state index contributed by atoms with van der Waals surface area (Å²) >= 11 is 0. The monoisotopic (exact) mass is 571 g/mol. The van der Waals surface area contributed by atoms with Crippen molar-refractivity contribution in [1.82, 2.24) is 19.5 Å². The first-order valence-corrected chi connectivity index (χ1v) is 13.3. The summed E-state index contributed by atoms with van der Waals surface area (Å²) in [4.78, 5) is 52.8. The lowest BCUT2D eigenvalue weighted by Crippen LogP contribution is -2.33. The predicted molar refractivity (Wildman–Crippen MR) is 106 cm³/mol. The molecule has 2 aromatic heterocycles. The summed E-state index contributed by atoms with van der Waals surface area (Å²) in [6.07, 6.45) is -1.42. The van der Waals surface area contributed by atoms with Gasteiger partial charge in [-0.25, -0.2) is 28.6 Å². The third-order valence-corrected chi connectivity index (χ3v) is 5.36. The fraction of sp³-hybridized carbons (Fsp3) is 0.545. The number of aromatic nitrogens is 4. The van der Waals surface area contributed by atoms with Crippen molar-refractivity contribution in [3.63, 3.8) is 0 Å². The highest BCUT2D eigenvalue weighted by Crippen LogP contribution is 2.50. The van der Waals surface area contributed by atoms with E-state index in [9.17, 15) is 23.9 Å². The van der Waals surface area contributed by atoms with Gasteiger partial charge in [0.05, 0.1) is 12.9 Å². The molecular weight excluding hydrogens is 551 g/mol. The average molecular weight is 571 g/mol. The minimum atomic E-state index is -5.16. The molecule has 5 atom stereocenters. The highest BCUT2D eigenvalue weighted by Gasteiger charge is 2.44. The Bertz CT molecular complexity index is 1140. The molecular formula is C11H20N5O16P3. The molecule has 2 aromatic rings. The van der Waals surface area contributed by atoms with Gasteiger partial charge in [-0.2, -0.15) is 0 Å². The SMILES string of the molecule is Nc1ncnc2c1ncn2[C@@H]1O[C@H](CO)[C@@H](O)[C@H]1O.O=P(O)(O)OCOP(=O)(O)OOP(=O)(O)O. The second kappa shape index (κ2) is 11.7. The molecule has 0 aromatic carbocycles. The molecule has 1 saturated heterocycles. The molecule has 1 unspecified atom stereocenters. The van der Waals surface area contributed by atoms with Crippen LogP contribution in [0.25, 0.3) is 11.2 Å². The van der Waals surface area contributed by atoms with Crippen LogP contribution in [0.5, 0.6) is 0 Å². The van der Waals surface area contributed by atoms with Crippen LogP contribution in [0.15, 0.2) is 12.7 Å². The molecule has 35 heavy (non-hydrogen) atoms. The van der Waals surface area contributed by atoms with Crippen molar-refractivity contribution in [1.29, 1.82) is 0 Å². The predicted octanol–water partition coefficient (Wildman–Crippen LogP) is -2.77. The highest BCUT2D eigenvalue weighted by molar-refractivity contribution is 7.49. The quantitative estimate of drug-likeness (QED) is 0.0636. The van der Waals surface area contributed by atoms with Gasteiger partial charge in [-0.3, -0.25) is 13.6 Å². The van der Waals surface area contributed by atoms with Gasteiger partial charge in [0.1, 0.15) is 30.2 Å². The van der Waals surface area contributed by atoms with Crippen LogP contribution in [0.4, 0.5) is 5.82 Å². The van der Waals surface area contributed by atoms with E-state index in [0.29, 0.717) is 11.2 Å². The Hall–Kier alpha value is -1.48. The smallest absolute Gasteiger partial charge is 0.394 e. The maximum Gasteiger partial charge on any atom is 0.502 e. The second-order valence-electron chi connectivity index (χ2n) is 6.29. The molecule has 3 heterocycles. The molecule has 0 saturated carbocycles. The summed E-state index contributed by atoms with van der Waals surface area (Å²) in [5.41, 5.74) is 6.44. The van der Waals surface area contributed by atoms with Crippen molar-refractivity contribution in [2.75, 3.05) is 19.1 Å². The number of hydrogen-bond donors (Lipinski definition) is 9. The summed E-state index contributed by atoms with van der Waals surface area (Å²) in [5, 5.41) is 28.7. The van der Waals surface area contributed by atoms with Gasteiger partial charge in [0.2, 0.25) is 0 Å². The van der Waals surface area contributed by atoms with E-state index in [2.05, 4.69) is 33.3 Å². The number of phosphoric acid groups is 3. The van der Waals surface area contributed by atoms with Crippen LogP contribution in [0.1, 0.15) is 6.23 Å². The largest absolute Gasteiger partial charge is 0.502 e. The molecule has 0 aliphatic carbocycles. The summed E-state index contributed by atoms with van der Waals surface area (Å²) in [7, 11) is -15.1. The number of nitrogens with zero attached hydrogens (tertiary/aromatic N) is 4. The van der Waals surface area contributed by atoms with Crippen LogP contribution in [-0.2, 0) is 36.8 Å². The van der Waals surface area contributed by atoms with E-state index in [1.807, 2.05) is 0 Å². The molecule has 0 radical (unpaired) electrons. The number of nitrogens with two attached hydrogens (primary N) is 1. The van der Waals surface area contributed by atoms with Gasteiger partial charge in [-0.05, 0) is 0 Å². The van der Waals surface area contributed by atoms with E-state index in [1.54, 1.807) is 0 Å². The van der Waals surface area contributed by atoms with E-state index in [1.165, 1.54) is 17.2 Å². The van der Waals surface area contributed by atoms with Crippen molar-refractivity contribution in [3.05, 3.63) is 12.7 Å². The Labute approximate surface area is 193 Å². The maximum absolute atomic E-state index is 10.7. The maximum atomic E-state index is 10.7. The molecule has 0 bridgehead atoms. The Morgan fingerprint density at radius 1 is 0.971 bits per heavy atom. The van der Waals surface area contributed by atoms with Crippen molar-refractivity contribution in [2.24, 2.45) is 0 Å². The first-order chi connectivity index (χ1) is 16.0. The van der Waals surface area contributed by atoms with E-state index < -0.39 is 61.4 Å². The van der Waals surface area contributed by atoms with Crippen molar-refractivity contribution in [2.45, 2.75) is 24.5 Å². The van der Waals surface area contributed by atoms with Crippen molar-refractivity contribution in [3.8, 4) is 0 Å². The molecule has 21 nitrogen and oxygen atoms in total. The van der Waals surface area contributed by atoms with Crippen LogP contribution in [0, 0.1) is 0 Å². The summed E-state index contributed by atoms with van der Waals surface area (Å²) < 4.78 is 51.3. The number of phosphoric ester groups is 2. The second-order valence-corrected chi connectivity index (χ2v) is 10.0. The lowest BCUT2D eigenvalue weighted by atomic mass is 10.1. The Kier molecular flexibility index (Phi) is 9.96. The molecule has 1 aliphatic rings. The molecule has 24 heteroatoms. The number of aliphatic hydroxyl groups is 3. The molecule has 0 spiro atoms. The summed E-state index contributed by atoms with van der Waals surface area (Å²) in [6, 6.07) is 0. The first-order valence-electron chi connectivity index (χ1n) is 8.71. The third-order valence-electron chi connectivity index (χ3n) is 3.84. The zero-order valence-electron chi connectivity index (χ0n) is 16.9. The average Bonchev–Trinajstić information content (AvgIpc) is 3.28. The number of nitrogen functional groups attached to an aromatic ring is 1. The van der Waals surface area contributed by atoms with E-state index in [0.717, 1.165) is 0 Å². The summed E-state index contributed by atoms with van der Waals surface area (Å²) in [5.74, 6) is 0.218. The van der Waals surface area contributed by atoms with Gasteiger partial charge >= 0.3 is 23.5 Å². The highest BCUT2D eigenvalue weighted by atomic mass is 31.2. The number of aliphatic hydroxyl groups excluding tert-OH is 3. The van der Waals surface area contributed by atoms with Gasteiger partial charge in [-0.15, -0.1) is 9.35 Å². The van der Waals surface area contributed by atoms with E-state index in [4.69, 9.17) is 40.0 Å². The molecule has 200 valence electrons. The molecule has 1 aliphatic heterocycles. The lowest BCUT2D eigenvalue weighted by Gasteiger charge is -2.16. The van der Waals surface area contributed by atoms with E-state index in [-0.39, 0.29) is 5.82 Å². The van der Waals surface area contributed by atoms with E-state index >= 15 is 0 Å². The van der Waals surface area contributed by atoms with Crippen LogP contribution >= 0.6 is 23.5 Å². The Morgan fingerprint density at radius 3 is 2.17 bits per heavy atom. The Morgan fingerprint density at radius 2 is 1.63 bits per heavy atom. The topological polar surface area (TPSA) is 329 Å². The zero-order chi connectivity index (χ0) is 26.6. The minimum Gasteiger partial charge on any atom is -0.394 e. The molecule has 3 rings (SSSR count). The van der Waals surface area contributed by atoms with Gasteiger partial charge in [0.25, 0.3) is 0 Å².